The molecule has 0 radical (unpaired) electrons. The maximum atomic E-state index is 11.9. The third kappa shape index (κ3) is 4.40. The van der Waals surface area contributed by atoms with E-state index in [-0.39, 0.29) is 5.56 Å². The van der Waals surface area contributed by atoms with Crippen molar-refractivity contribution < 1.29 is 4.74 Å². The molecule has 6 nitrogen and oxygen atoms in total. The number of ether oxygens (including phenoxy) is 1. The Kier molecular flexibility index (Phi) is 5.43. The van der Waals surface area contributed by atoms with Crippen molar-refractivity contribution in [2.45, 2.75) is 19.4 Å². The summed E-state index contributed by atoms with van der Waals surface area (Å²) in [6.45, 7) is 0.749. The molecule has 0 atom stereocenters. The van der Waals surface area contributed by atoms with Gasteiger partial charge in [0.2, 0.25) is 0 Å². The molecular formula is C15H16N4O2. The molecule has 0 saturated carbocycles. The van der Waals surface area contributed by atoms with Crippen molar-refractivity contribution in [2.75, 3.05) is 6.54 Å². The Morgan fingerprint density at radius 2 is 2.05 bits per heavy atom. The SMILES string of the molecule is [N-]=[N+]=NCCCc1cc[nH]c(=O)c1OCc1ccccc1. The number of H-pyrrole nitrogens is 1. The van der Waals surface area contributed by atoms with Crippen LogP contribution in [0.3, 0.4) is 0 Å². The highest BCUT2D eigenvalue weighted by Gasteiger charge is 2.08. The molecule has 2 aromatic rings. The van der Waals surface area contributed by atoms with Crippen LogP contribution in [0.15, 0.2) is 52.5 Å². The molecule has 6 heteroatoms. The Morgan fingerprint density at radius 3 is 2.81 bits per heavy atom. The van der Waals surface area contributed by atoms with E-state index in [9.17, 15) is 4.79 Å². The molecule has 21 heavy (non-hydrogen) atoms. The highest BCUT2D eigenvalue weighted by Crippen LogP contribution is 2.16. The molecule has 0 saturated heterocycles. The van der Waals surface area contributed by atoms with Gasteiger partial charge in [0, 0.05) is 23.2 Å². The van der Waals surface area contributed by atoms with Gasteiger partial charge < -0.3 is 9.72 Å². The first kappa shape index (κ1) is 14.7. The Balaban J connectivity index is 2.06. The summed E-state index contributed by atoms with van der Waals surface area (Å²) in [5, 5.41) is 3.49. The molecule has 0 aliphatic carbocycles. The lowest BCUT2D eigenvalue weighted by Gasteiger charge is -2.10. The number of aryl methyl sites for hydroxylation is 1. The molecule has 1 aromatic heterocycles. The summed E-state index contributed by atoms with van der Waals surface area (Å²) in [5.74, 6) is 0.335. The molecule has 1 aromatic carbocycles. The van der Waals surface area contributed by atoms with E-state index in [2.05, 4.69) is 15.0 Å². The summed E-state index contributed by atoms with van der Waals surface area (Å²) in [6, 6.07) is 11.5. The number of nitrogens with zero attached hydrogens (tertiary/aromatic N) is 3. The molecule has 0 amide bonds. The maximum Gasteiger partial charge on any atom is 0.290 e. The van der Waals surface area contributed by atoms with Gasteiger partial charge in [-0.2, -0.15) is 0 Å². The van der Waals surface area contributed by atoms with E-state index in [1.807, 2.05) is 36.4 Å². The fourth-order valence-electron chi connectivity index (χ4n) is 1.97. The van der Waals surface area contributed by atoms with E-state index in [1.165, 1.54) is 0 Å². The minimum Gasteiger partial charge on any atom is -0.483 e. The Labute approximate surface area is 122 Å². The van der Waals surface area contributed by atoms with Crippen LogP contribution in [0, 0.1) is 0 Å². The summed E-state index contributed by atoms with van der Waals surface area (Å²) in [5.41, 5.74) is 9.83. The largest absolute Gasteiger partial charge is 0.483 e. The van der Waals surface area contributed by atoms with Gasteiger partial charge in [0.15, 0.2) is 5.75 Å². The van der Waals surface area contributed by atoms with Crippen LogP contribution in [0.1, 0.15) is 17.5 Å². The monoisotopic (exact) mass is 284 g/mol. The van der Waals surface area contributed by atoms with Crippen molar-refractivity contribution in [3.63, 3.8) is 0 Å². The van der Waals surface area contributed by atoms with E-state index in [4.69, 9.17) is 10.3 Å². The lowest BCUT2D eigenvalue weighted by atomic mass is 10.1. The highest BCUT2D eigenvalue weighted by atomic mass is 16.5. The fraction of sp³-hybridized carbons (Fsp3) is 0.267. The molecule has 1 heterocycles. The number of hydrogen-bond acceptors (Lipinski definition) is 3. The first-order valence-electron chi connectivity index (χ1n) is 6.69. The quantitative estimate of drug-likeness (QED) is 0.366. The van der Waals surface area contributed by atoms with Gasteiger partial charge in [0.05, 0.1) is 0 Å². The zero-order chi connectivity index (χ0) is 14.9. The summed E-state index contributed by atoms with van der Waals surface area (Å²) in [4.78, 5) is 17.2. The summed E-state index contributed by atoms with van der Waals surface area (Å²) in [6.07, 6.45) is 2.91. The molecule has 0 aliphatic rings. The number of aromatic amines is 1. The number of rotatable bonds is 7. The first-order valence-corrected chi connectivity index (χ1v) is 6.69. The molecule has 0 spiro atoms. The molecular weight excluding hydrogens is 268 g/mol. The Hall–Kier alpha value is -2.72. The van der Waals surface area contributed by atoms with Gasteiger partial charge in [-0.1, -0.05) is 35.4 Å². The summed E-state index contributed by atoms with van der Waals surface area (Å²) in [7, 11) is 0. The van der Waals surface area contributed by atoms with Crippen LogP contribution in [-0.4, -0.2) is 11.5 Å². The van der Waals surface area contributed by atoms with Crippen LogP contribution in [0.2, 0.25) is 0 Å². The maximum absolute atomic E-state index is 11.9. The van der Waals surface area contributed by atoms with Crippen molar-refractivity contribution in [1.82, 2.24) is 4.98 Å². The number of aromatic nitrogens is 1. The van der Waals surface area contributed by atoms with Crippen molar-refractivity contribution >= 4 is 0 Å². The zero-order valence-electron chi connectivity index (χ0n) is 11.5. The van der Waals surface area contributed by atoms with Crippen LogP contribution in [0.25, 0.3) is 10.4 Å². The van der Waals surface area contributed by atoms with Gasteiger partial charge in [-0.05, 0) is 30.0 Å². The van der Waals surface area contributed by atoms with E-state index in [0.717, 1.165) is 11.1 Å². The molecule has 2 rings (SSSR count). The van der Waals surface area contributed by atoms with E-state index in [1.54, 1.807) is 6.20 Å². The third-order valence-electron chi connectivity index (χ3n) is 2.99. The molecule has 0 fully saturated rings. The van der Waals surface area contributed by atoms with E-state index >= 15 is 0 Å². The zero-order valence-corrected chi connectivity index (χ0v) is 11.5. The van der Waals surface area contributed by atoms with Gasteiger partial charge in [-0.25, -0.2) is 0 Å². The van der Waals surface area contributed by atoms with Crippen LogP contribution >= 0.6 is 0 Å². The van der Waals surface area contributed by atoms with E-state index in [0.29, 0.717) is 31.7 Å². The van der Waals surface area contributed by atoms with Gasteiger partial charge in [0.25, 0.3) is 5.56 Å². The molecule has 1 N–H and O–H groups in total. The molecule has 0 bridgehead atoms. The predicted octanol–water partition coefficient (Wildman–Crippen LogP) is 3.20. The first-order chi connectivity index (χ1) is 10.3. The van der Waals surface area contributed by atoms with Gasteiger partial charge >= 0.3 is 0 Å². The van der Waals surface area contributed by atoms with Gasteiger partial charge in [-0.3, -0.25) is 4.79 Å². The number of pyridine rings is 1. The van der Waals surface area contributed by atoms with Crippen LogP contribution in [0.4, 0.5) is 0 Å². The highest BCUT2D eigenvalue weighted by molar-refractivity contribution is 5.30. The normalized spacial score (nSPS) is 9.90. The fourth-order valence-corrected chi connectivity index (χ4v) is 1.97. The summed E-state index contributed by atoms with van der Waals surface area (Å²) >= 11 is 0. The van der Waals surface area contributed by atoms with Crippen molar-refractivity contribution in [2.24, 2.45) is 5.11 Å². The predicted molar refractivity (Wildman–Crippen MR) is 80.2 cm³/mol. The average molecular weight is 284 g/mol. The van der Waals surface area contributed by atoms with Crippen molar-refractivity contribution in [3.8, 4) is 5.75 Å². The van der Waals surface area contributed by atoms with Gasteiger partial charge in [0.1, 0.15) is 6.61 Å². The van der Waals surface area contributed by atoms with Crippen LogP contribution < -0.4 is 10.3 Å². The Bertz CT molecular complexity index is 676. The second-order valence-corrected chi connectivity index (χ2v) is 4.49. The third-order valence-corrected chi connectivity index (χ3v) is 2.99. The van der Waals surface area contributed by atoms with Crippen molar-refractivity contribution in [3.05, 3.63) is 74.5 Å². The summed E-state index contributed by atoms with van der Waals surface area (Å²) < 4.78 is 5.66. The lowest BCUT2D eigenvalue weighted by Crippen LogP contribution is -2.13. The minimum absolute atomic E-state index is 0.243. The standard InChI is InChI=1S/C15H16N4O2/c16-19-18-9-4-7-13-8-10-17-15(20)14(13)21-11-12-5-2-1-3-6-12/h1-3,5-6,8,10H,4,7,9,11H2,(H,17,20). The number of azide groups is 1. The topological polar surface area (TPSA) is 90.9 Å². The molecule has 108 valence electrons. The number of hydrogen-bond donors (Lipinski definition) is 1. The van der Waals surface area contributed by atoms with Crippen LogP contribution in [0.5, 0.6) is 5.75 Å². The number of benzene rings is 1. The van der Waals surface area contributed by atoms with Crippen molar-refractivity contribution in [1.29, 1.82) is 0 Å². The van der Waals surface area contributed by atoms with Gasteiger partial charge in [-0.15, -0.1) is 0 Å². The lowest BCUT2D eigenvalue weighted by molar-refractivity contribution is 0.298. The average Bonchev–Trinajstić information content (AvgIpc) is 2.52. The number of nitrogens with one attached hydrogen (secondary N) is 1. The smallest absolute Gasteiger partial charge is 0.290 e. The van der Waals surface area contributed by atoms with Crippen LogP contribution in [-0.2, 0) is 13.0 Å². The molecule has 0 aliphatic heterocycles. The molecule has 0 unspecified atom stereocenters. The van der Waals surface area contributed by atoms with E-state index < -0.39 is 0 Å². The second kappa shape index (κ2) is 7.77. The second-order valence-electron chi connectivity index (χ2n) is 4.49. The minimum atomic E-state index is -0.243. The Morgan fingerprint density at radius 1 is 1.24 bits per heavy atom.